The second kappa shape index (κ2) is 8.02. The fraction of sp³-hybridized carbons (Fsp3) is 0.389. The third-order valence-corrected chi connectivity index (χ3v) is 4.53. The van der Waals surface area contributed by atoms with Gasteiger partial charge in [0.25, 0.3) is 0 Å². The van der Waals surface area contributed by atoms with Crippen molar-refractivity contribution >= 4 is 23.6 Å². The summed E-state index contributed by atoms with van der Waals surface area (Å²) in [6.45, 7) is 5.54. The molecule has 0 saturated heterocycles. The molecule has 1 heterocycles. The number of ether oxygens (including phenoxy) is 1. The van der Waals surface area contributed by atoms with Crippen LogP contribution in [0, 0.1) is 18.3 Å². The lowest BCUT2D eigenvalue weighted by atomic mass is 9.87. The van der Waals surface area contributed by atoms with Crippen LogP contribution in [0.15, 0.2) is 34.9 Å². The van der Waals surface area contributed by atoms with Crippen LogP contribution in [0.2, 0.25) is 0 Å². The van der Waals surface area contributed by atoms with Gasteiger partial charge in [0, 0.05) is 12.3 Å². The SMILES string of the molecule is Cc1ccc([C@H]2CC(=O)NC(SCC(=O)OC(C)C)=C2C#N)cc1. The number of allylic oxidation sites excluding steroid dienone is 1. The number of benzene rings is 1. The highest BCUT2D eigenvalue weighted by Crippen LogP contribution is 2.35. The maximum Gasteiger partial charge on any atom is 0.316 e. The molecule has 1 N–H and O–H groups in total. The van der Waals surface area contributed by atoms with E-state index in [9.17, 15) is 14.9 Å². The first-order valence-corrected chi connectivity index (χ1v) is 8.72. The van der Waals surface area contributed by atoms with E-state index in [1.165, 1.54) is 0 Å². The normalized spacial score (nSPS) is 17.5. The molecule has 1 aliphatic heterocycles. The van der Waals surface area contributed by atoms with Crippen LogP contribution in [0.3, 0.4) is 0 Å². The Bertz CT molecular complexity index is 702. The van der Waals surface area contributed by atoms with Crippen molar-refractivity contribution in [3.63, 3.8) is 0 Å². The summed E-state index contributed by atoms with van der Waals surface area (Å²) in [7, 11) is 0. The minimum atomic E-state index is -0.369. The smallest absolute Gasteiger partial charge is 0.316 e. The molecule has 0 unspecified atom stereocenters. The topological polar surface area (TPSA) is 79.2 Å². The Balaban J connectivity index is 2.23. The van der Waals surface area contributed by atoms with Gasteiger partial charge in [-0.1, -0.05) is 41.6 Å². The zero-order chi connectivity index (χ0) is 17.7. The van der Waals surface area contributed by atoms with Crippen molar-refractivity contribution < 1.29 is 14.3 Å². The van der Waals surface area contributed by atoms with Crippen LogP contribution in [0.25, 0.3) is 0 Å². The number of aryl methyl sites for hydroxylation is 1. The summed E-state index contributed by atoms with van der Waals surface area (Å²) < 4.78 is 5.08. The molecule has 126 valence electrons. The first-order valence-electron chi connectivity index (χ1n) is 7.73. The predicted molar refractivity (Wildman–Crippen MR) is 93.0 cm³/mol. The Morgan fingerprint density at radius 3 is 2.67 bits per heavy atom. The van der Waals surface area contributed by atoms with Crippen LogP contribution in [0.1, 0.15) is 37.3 Å². The zero-order valence-corrected chi connectivity index (χ0v) is 14.8. The Morgan fingerprint density at radius 1 is 1.42 bits per heavy atom. The molecule has 0 fully saturated rings. The number of thioether (sulfide) groups is 1. The molecule has 1 aromatic rings. The van der Waals surface area contributed by atoms with Crippen molar-refractivity contribution in [2.45, 2.75) is 39.2 Å². The van der Waals surface area contributed by atoms with Crippen molar-refractivity contribution in [3.05, 3.63) is 46.0 Å². The Labute approximate surface area is 146 Å². The maximum atomic E-state index is 12.0. The highest BCUT2D eigenvalue weighted by atomic mass is 32.2. The van der Waals surface area contributed by atoms with Crippen molar-refractivity contribution in [2.75, 3.05) is 5.75 Å². The van der Waals surface area contributed by atoms with E-state index in [2.05, 4.69) is 11.4 Å². The third kappa shape index (κ3) is 4.62. The lowest BCUT2D eigenvalue weighted by Gasteiger charge is -2.25. The first-order chi connectivity index (χ1) is 11.4. The Kier molecular flexibility index (Phi) is 6.04. The first kappa shape index (κ1) is 18.1. The van der Waals surface area contributed by atoms with Crippen LogP contribution >= 0.6 is 11.8 Å². The van der Waals surface area contributed by atoms with E-state index in [0.717, 1.165) is 22.9 Å². The number of carbonyl (C=O) groups excluding carboxylic acids is 2. The summed E-state index contributed by atoms with van der Waals surface area (Å²) in [4.78, 5) is 23.7. The zero-order valence-electron chi connectivity index (χ0n) is 14.0. The summed E-state index contributed by atoms with van der Waals surface area (Å²) >= 11 is 1.14. The van der Waals surface area contributed by atoms with Crippen LogP contribution in [0.4, 0.5) is 0 Å². The van der Waals surface area contributed by atoms with Gasteiger partial charge in [-0.25, -0.2) is 0 Å². The molecule has 0 radical (unpaired) electrons. The lowest BCUT2D eigenvalue weighted by Crippen LogP contribution is -2.31. The van der Waals surface area contributed by atoms with Gasteiger partial charge in [0.2, 0.25) is 5.91 Å². The number of nitrogens with zero attached hydrogens (tertiary/aromatic N) is 1. The fourth-order valence-electron chi connectivity index (χ4n) is 2.44. The van der Waals surface area contributed by atoms with Gasteiger partial charge in [0.1, 0.15) is 0 Å². The van der Waals surface area contributed by atoms with Gasteiger partial charge >= 0.3 is 5.97 Å². The second-order valence-electron chi connectivity index (χ2n) is 5.90. The van der Waals surface area contributed by atoms with Gasteiger partial charge in [0.05, 0.1) is 28.5 Å². The Morgan fingerprint density at radius 2 is 2.08 bits per heavy atom. The van der Waals surface area contributed by atoms with Gasteiger partial charge in [-0.3, -0.25) is 9.59 Å². The van der Waals surface area contributed by atoms with Gasteiger partial charge in [-0.05, 0) is 26.3 Å². The standard InChI is InChI=1S/C18H20N2O3S/c1-11(2)23-17(22)10-24-18-15(9-19)14(8-16(21)20-18)13-6-4-12(3)5-7-13/h4-7,11,14H,8,10H2,1-3H3,(H,20,21)/t14-/m1/s1. The molecule has 24 heavy (non-hydrogen) atoms. The number of hydrogen-bond donors (Lipinski definition) is 1. The number of hydrogen-bond acceptors (Lipinski definition) is 5. The van der Waals surface area contributed by atoms with E-state index >= 15 is 0 Å². The fourth-order valence-corrected chi connectivity index (χ4v) is 3.30. The predicted octanol–water partition coefficient (Wildman–Crippen LogP) is 3.02. The molecule has 1 atom stereocenters. The van der Waals surface area contributed by atoms with E-state index in [1.807, 2.05) is 31.2 Å². The molecule has 0 spiro atoms. The van der Waals surface area contributed by atoms with Crippen molar-refractivity contribution in [1.82, 2.24) is 5.32 Å². The highest BCUT2D eigenvalue weighted by molar-refractivity contribution is 8.03. The summed E-state index contributed by atoms with van der Waals surface area (Å²) in [5.41, 5.74) is 2.53. The average molecular weight is 344 g/mol. The largest absolute Gasteiger partial charge is 0.462 e. The van der Waals surface area contributed by atoms with Crippen molar-refractivity contribution in [2.24, 2.45) is 0 Å². The number of nitrogens with one attached hydrogen (secondary N) is 1. The number of carbonyl (C=O) groups is 2. The molecule has 6 heteroatoms. The second-order valence-corrected chi connectivity index (χ2v) is 6.88. The summed E-state index contributed by atoms with van der Waals surface area (Å²) in [5.74, 6) is -0.752. The summed E-state index contributed by atoms with van der Waals surface area (Å²) in [6.07, 6.45) is 0.0377. The third-order valence-electron chi connectivity index (χ3n) is 3.54. The highest BCUT2D eigenvalue weighted by Gasteiger charge is 2.29. The lowest BCUT2D eigenvalue weighted by molar-refractivity contribution is -0.144. The van der Waals surface area contributed by atoms with Crippen LogP contribution in [-0.2, 0) is 14.3 Å². The molecule has 0 bridgehead atoms. The van der Waals surface area contributed by atoms with E-state index in [4.69, 9.17) is 4.74 Å². The van der Waals surface area contributed by atoms with Gasteiger partial charge in [0.15, 0.2) is 0 Å². The van der Waals surface area contributed by atoms with Gasteiger partial charge < -0.3 is 10.1 Å². The van der Waals surface area contributed by atoms with Crippen molar-refractivity contribution in [3.8, 4) is 6.07 Å². The molecule has 0 aliphatic carbocycles. The summed E-state index contributed by atoms with van der Waals surface area (Å²) in [5, 5.41) is 12.7. The maximum absolute atomic E-state index is 12.0. The number of amides is 1. The van der Waals surface area contributed by atoms with Crippen LogP contribution < -0.4 is 5.32 Å². The molecule has 5 nitrogen and oxygen atoms in total. The molecule has 1 aromatic carbocycles. The number of esters is 1. The van der Waals surface area contributed by atoms with E-state index in [1.54, 1.807) is 13.8 Å². The Hall–Kier alpha value is -2.26. The molecule has 1 amide bonds. The van der Waals surface area contributed by atoms with Gasteiger partial charge in [-0.15, -0.1) is 0 Å². The number of nitriles is 1. The minimum absolute atomic E-state index is 0.0551. The van der Waals surface area contributed by atoms with E-state index in [0.29, 0.717) is 10.6 Å². The number of rotatable bonds is 5. The quantitative estimate of drug-likeness (QED) is 0.831. The monoisotopic (exact) mass is 344 g/mol. The summed E-state index contributed by atoms with van der Waals surface area (Å²) in [6, 6.07) is 9.99. The van der Waals surface area contributed by atoms with Crippen molar-refractivity contribution in [1.29, 1.82) is 5.26 Å². The van der Waals surface area contributed by atoms with E-state index < -0.39 is 0 Å². The average Bonchev–Trinajstić information content (AvgIpc) is 2.52. The van der Waals surface area contributed by atoms with E-state index in [-0.39, 0.29) is 36.1 Å². The molecule has 2 rings (SSSR count). The van der Waals surface area contributed by atoms with Crippen LogP contribution in [0.5, 0.6) is 0 Å². The molecular weight excluding hydrogens is 324 g/mol. The molecular formula is C18H20N2O3S. The molecule has 0 saturated carbocycles. The molecule has 1 aliphatic rings. The molecule has 0 aromatic heterocycles. The minimum Gasteiger partial charge on any atom is -0.462 e. The van der Waals surface area contributed by atoms with Gasteiger partial charge in [-0.2, -0.15) is 5.26 Å². The van der Waals surface area contributed by atoms with Crippen LogP contribution in [-0.4, -0.2) is 23.7 Å².